The lowest BCUT2D eigenvalue weighted by Gasteiger charge is -2.31. The lowest BCUT2D eigenvalue weighted by Crippen LogP contribution is -2.46. The molecular weight excluding hydrogens is 262 g/mol. The molecule has 0 aliphatic carbocycles. The predicted molar refractivity (Wildman–Crippen MR) is 74.6 cm³/mol. The van der Waals surface area contributed by atoms with Crippen LogP contribution in [0.3, 0.4) is 0 Å². The number of carbonyl (C=O) groups excluding carboxylic acids is 1. The van der Waals surface area contributed by atoms with E-state index in [9.17, 15) is 4.79 Å². The minimum absolute atomic E-state index is 0.0226. The Morgan fingerprint density at radius 2 is 2.00 bits per heavy atom. The van der Waals surface area contributed by atoms with Gasteiger partial charge < -0.3 is 18.9 Å². The lowest BCUT2D eigenvalue weighted by atomic mass is 10.2. The fourth-order valence-corrected chi connectivity index (χ4v) is 2.29. The number of hydrogen-bond donors (Lipinski definition) is 0. The quantitative estimate of drug-likeness (QED) is 0.725. The lowest BCUT2D eigenvalue weighted by molar-refractivity contribution is -0.153. The molecule has 0 N–H and O–H groups in total. The maximum Gasteiger partial charge on any atom is 0.410 e. The number of nitrogens with zero attached hydrogens (tertiary/aromatic N) is 1. The van der Waals surface area contributed by atoms with E-state index in [0.29, 0.717) is 19.6 Å². The van der Waals surface area contributed by atoms with Crippen LogP contribution in [0.5, 0.6) is 0 Å². The summed E-state index contributed by atoms with van der Waals surface area (Å²) in [6.45, 7) is 8.45. The molecule has 0 radical (unpaired) electrons. The van der Waals surface area contributed by atoms with Gasteiger partial charge in [0.2, 0.25) is 0 Å². The zero-order chi connectivity index (χ0) is 15.3. The number of methoxy groups -OCH3 is 2. The highest BCUT2D eigenvalue weighted by Crippen LogP contribution is 2.26. The molecular formula is C14H27NO5. The molecule has 0 aromatic rings. The van der Waals surface area contributed by atoms with Gasteiger partial charge in [-0.1, -0.05) is 0 Å². The summed E-state index contributed by atoms with van der Waals surface area (Å²) in [7, 11) is 3.22. The fraction of sp³-hybridized carbons (Fsp3) is 0.929. The largest absolute Gasteiger partial charge is 0.444 e. The molecule has 0 bridgehead atoms. The molecule has 1 aliphatic rings. The molecule has 1 amide bonds. The number of ether oxygens (including phenoxy) is 4. The third-order valence-electron chi connectivity index (χ3n) is 3.14. The predicted octanol–water partition coefficient (Wildman–Crippen LogP) is 2.02. The normalized spacial score (nSPS) is 24.8. The summed E-state index contributed by atoms with van der Waals surface area (Å²) in [5, 5.41) is 0. The van der Waals surface area contributed by atoms with Crippen molar-refractivity contribution in [3.8, 4) is 0 Å². The molecule has 1 unspecified atom stereocenters. The van der Waals surface area contributed by atoms with E-state index in [2.05, 4.69) is 0 Å². The van der Waals surface area contributed by atoms with E-state index < -0.39 is 11.9 Å². The van der Waals surface area contributed by atoms with E-state index in [1.807, 2.05) is 27.7 Å². The first-order chi connectivity index (χ1) is 9.32. The van der Waals surface area contributed by atoms with E-state index in [1.54, 1.807) is 19.1 Å². The van der Waals surface area contributed by atoms with Crippen LogP contribution in [0.15, 0.2) is 0 Å². The van der Waals surface area contributed by atoms with Crippen molar-refractivity contribution in [3.63, 3.8) is 0 Å². The average Bonchev–Trinajstić information content (AvgIpc) is 2.78. The summed E-state index contributed by atoms with van der Waals surface area (Å²) in [4.78, 5) is 13.9. The Morgan fingerprint density at radius 3 is 2.45 bits per heavy atom. The minimum Gasteiger partial charge on any atom is -0.444 e. The van der Waals surface area contributed by atoms with Crippen molar-refractivity contribution in [1.82, 2.24) is 4.90 Å². The monoisotopic (exact) mass is 289 g/mol. The first-order valence-corrected chi connectivity index (χ1v) is 6.99. The van der Waals surface area contributed by atoms with Gasteiger partial charge in [-0.2, -0.15) is 0 Å². The van der Waals surface area contributed by atoms with Crippen LogP contribution in [0.4, 0.5) is 4.79 Å². The Hall–Kier alpha value is -0.850. The third kappa shape index (κ3) is 4.61. The van der Waals surface area contributed by atoms with E-state index in [1.165, 1.54) is 0 Å². The maximum absolute atomic E-state index is 12.3. The van der Waals surface area contributed by atoms with Gasteiger partial charge in [-0.3, -0.25) is 4.90 Å². The smallest absolute Gasteiger partial charge is 0.410 e. The van der Waals surface area contributed by atoms with Gasteiger partial charge in [0, 0.05) is 27.2 Å². The van der Waals surface area contributed by atoms with Crippen LogP contribution in [0.25, 0.3) is 0 Å². The van der Waals surface area contributed by atoms with Crippen molar-refractivity contribution >= 4 is 6.09 Å². The molecule has 0 aromatic heterocycles. The van der Waals surface area contributed by atoms with Crippen LogP contribution in [0.2, 0.25) is 0 Å². The zero-order valence-electron chi connectivity index (χ0n) is 13.3. The van der Waals surface area contributed by atoms with E-state index >= 15 is 0 Å². The SMILES string of the molecule is CCOC(OC)[C@@H]1C[C@@H](OC)CN1C(=O)OC(C)(C)C. The summed E-state index contributed by atoms with van der Waals surface area (Å²) >= 11 is 0. The molecule has 1 aliphatic heterocycles. The molecule has 3 atom stereocenters. The summed E-state index contributed by atoms with van der Waals surface area (Å²) in [6, 6.07) is -0.195. The number of hydrogen-bond acceptors (Lipinski definition) is 5. The summed E-state index contributed by atoms with van der Waals surface area (Å²) < 4.78 is 21.7. The summed E-state index contributed by atoms with van der Waals surface area (Å²) in [5.41, 5.74) is -0.527. The van der Waals surface area contributed by atoms with Crippen molar-refractivity contribution in [2.75, 3.05) is 27.4 Å². The molecule has 6 nitrogen and oxygen atoms in total. The van der Waals surface area contributed by atoms with Crippen LogP contribution in [-0.4, -0.2) is 62.4 Å². The van der Waals surface area contributed by atoms with Gasteiger partial charge in [-0.15, -0.1) is 0 Å². The standard InChI is InChI=1S/C14H27NO5/c1-7-19-12(18-6)11-8-10(17-5)9-15(11)13(16)20-14(2,3)4/h10-12H,7-9H2,1-6H3/t10-,11+,12?/m1/s1. The highest BCUT2D eigenvalue weighted by molar-refractivity contribution is 5.69. The van der Waals surface area contributed by atoms with Crippen LogP contribution < -0.4 is 0 Å². The summed E-state index contributed by atoms with van der Waals surface area (Å²) in [5.74, 6) is 0. The zero-order valence-corrected chi connectivity index (χ0v) is 13.3. The Kier molecular flexibility index (Phi) is 6.23. The van der Waals surface area contributed by atoms with Gasteiger partial charge in [-0.05, 0) is 27.7 Å². The van der Waals surface area contributed by atoms with Gasteiger partial charge in [0.1, 0.15) is 5.60 Å². The second kappa shape index (κ2) is 7.24. The first-order valence-electron chi connectivity index (χ1n) is 6.99. The average molecular weight is 289 g/mol. The second-order valence-corrected chi connectivity index (χ2v) is 5.85. The number of likely N-dealkylation sites (tertiary alicyclic amines) is 1. The molecule has 20 heavy (non-hydrogen) atoms. The molecule has 6 heteroatoms. The van der Waals surface area contributed by atoms with Crippen molar-refractivity contribution < 1.29 is 23.7 Å². The van der Waals surface area contributed by atoms with Crippen molar-refractivity contribution in [3.05, 3.63) is 0 Å². The first kappa shape index (κ1) is 17.2. The van der Waals surface area contributed by atoms with Crippen molar-refractivity contribution in [2.45, 2.75) is 58.2 Å². The minimum atomic E-state index is -0.527. The molecule has 1 heterocycles. The highest BCUT2D eigenvalue weighted by Gasteiger charge is 2.42. The number of carbonyl (C=O) groups is 1. The topological polar surface area (TPSA) is 57.2 Å². The van der Waals surface area contributed by atoms with E-state index in [0.717, 1.165) is 0 Å². The fourth-order valence-electron chi connectivity index (χ4n) is 2.29. The highest BCUT2D eigenvalue weighted by atomic mass is 16.7. The van der Waals surface area contributed by atoms with Crippen LogP contribution >= 0.6 is 0 Å². The van der Waals surface area contributed by atoms with Gasteiger partial charge in [0.25, 0.3) is 0 Å². The second-order valence-electron chi connectivity index (χ2n) is 5.85. The molecule has 1 fully saturated rings. The van der Waals surface area contributed by atoms with Gasteiger partial charge in [0.05, 0.1) is 18.7 Å². The van der Waals surface area contributed by atoms with Gasteiger partial charge >= 0.3 is 6.09 Å². The third-order valence-corrected chi connectivity index (χ3v) is 3.14. The van der Waals surface area contributed by atoms with Crippen LogP contribution in [-0.2, 0) is 18.9 Å². The van der Waals surface area contributed by atoms with Gasteiger partial charge in [-0.25, -0.2) is 4.79 Å². The van der Waals surface area contributed by atoms with Crippen LogP contribution in [0, 0.1) is 0 Å². The Bertz CT molecular complexity index is 315. The molecule has 0 spiro atoms. The molecule has 0 saturated carbocycles. The van der Waals surface area contributed by atoms with E-state index in [-0.39, 0.29) is 18.2 Å². The van der Waals surface area contributed by atoms with Crippen molar-refractivity contribution in [1.29, 1.82) is 0 Å². The van der Waals surface area contributed by atoms with Crippen molar-refractivity contribution in [2.24, 2.45) is 0 Å². The molecule has 1 rings (SSSR count). The molecule has 0 aromatic carbocycles. The van der Waals surface area contributed by atoms with Gasteiger partial charge in [0.15, 0.2) is 6.29 Å². The Morgan fingerprint density at radius 1 is 1.35 bits per heavy atom. The van der Waals surface area contributed by atoms with Crippen LogP contribution in [0.1, 0.15) is 34.1 Å². The molecule has 1 saturated heterocycles. The Balaban J connectivity index is 2.80. The van der Waals surface area contributed by atoms with E-state index in [4.69, 9.17) is 18.9 Å². The maximum atomic E-state index is 12.3. The number of rotatable bonds is 5. The Labute approximate surface area is 121 Å². The molecule has 118 valence electrons. The summed E-state index contributed by atoms with van der Waals surface area (Å²) in [6.07, 6.45) is -0.170. The number of amides is 1.